The maximum atomic E-state index is 5.41. The predicted octanol–water partition coefficient (Wildman–Crippen LogP) is 2.84. The van der Waals surface area contributed by atoms with Gasteiger partial charge in [0.05, 0.1) is 10.7 Å². The van der Waals surface area contributed by atoms with E-state index in [0.717, 1.165) is 42.4 Å². The average Bonchev–Trinajstić information content (AvgIpc) is 2.65. The third-order valence-electron chi connectivity index (χ3n) is 2.94. The molecule has 2 heterocycles. The van der Waals surface area contributed by atoms with Crippen LogP contribution in [0.5, 0.6) is 0 Å². The molecule has 5 heteroatoms. The van der Waals surface area contributed by atoms with E-state index in [1.807, 2.05) is 17.1 Å². The first-order valence-electron chi connectivity index (χ1n) is 5.06. The van der Waals surface area contributed by atoms with Crippen molar-refractivity contribution in [1.29, 1.82) is 0 Å². The second-order valence-electron chi connectivity index (χ2n) is 4.10. The maximum Gasteiger partial charge on any atom is 0.0632 e. The van der Waals surface area contributed by atoms with Crippen molar-refractivity contribution < 1.29 is 4.74 Å². The first-order valence-corrected chi connectivity index (χ1v) is 6.97. The molecule has 1 aromatic rings. The van der Waals surface area contributed by atoms with Gasteiger partial charge in [-0.1, -0.05) is 15.9 Å². The Bertz CT molecular complexity index is 321. The van der Waals surface area contributed by atoms with Gasteiger partial charge in [0, 0.05) is 36.7 Å². The van der Waals surface area contributed by atoms with Gasteiger partial charge < -0.3 is 4.74 Å². The zero-order valence-electron chi connectivity index (χ0n) is 8.46. The number of hydrogen-bond acceptors (Lipinski definition) is 2. The molecule has 1 fully saturated rings. The van der Waals surface area contributed by atoms with Crippen molar-refractivity contribution in [3.05, 3.63) is 16.9 Å². The second-order valence-corrected chi connectivity index (χ2v) is 5.58. The molecular formula is C10H14Br2N2O. The first-order chi connectivity index (χ1) is 7.24. The van der Waals surface area contributed by atoms with Crippen LogP contribution in [-0.4, -0.2) is 28.3 Å². The fraction of sp³-hybridized carbons (Fsp3) is 0.700. The van der Waals surface area contributed by atoms with Crippen molar-refractivity contribution in [3.63, 3.8) is 0 Å². The largest absolute Gasteiger partial charge is 0.381 e. The van der Waals surface area contributed by atoms with Crippen LogP contribution in [0.3, 0.4) is 0 Å². The molecule has 84 valence electrons. The SMILES string of the molecule is BrCC1(Cn2cc(Br)cn2)CCOCC1. The lowest BCUT2D eigenvalue weighted by Gasteiger charge is -2.35. The van der Waals surface area contributed by atoms with Crippen LogP contribution < -0.4 is 0 Å². The van der Waals surface area contributed by atoms with Gasteiger partial charge >= 0.3 is 0 Å². The van der Waals surface area contributed by atoms with Crippen LogP contribution in [-0.2, 0) is 11.3 Å². The number of nitrogens with zero attached hydrogens (tertiary/aromatic N) is 2. The molecule has 0 bridgehead atoms. The normalized spacial score (nSPS) is 20.4. The summed E-state index contributed by atoms with van der Waals surface area (Å²) < 4.78 is 8.46. The lowest BCUT2D eigenvalue weighted by Crippen LogP contribution is -2.35. The van der Waals surface area contributed by atoms with Crippen molar-refractivity contribution in [2.45, 2.75) is 19.4 Å². The smallest absolute Gasteiger partial charge is 0.0632 e. The highest BCUT2D eigenvalue weighted by molar-refractivity contribution is 9.10. The Labute approximate surface area is 106 Å². The van der Waals surface area contributed by atoms with Gasteiger partial charge in [-0.3, -0.25) is 4.68 Å². The summed E-state index contributed by atoms with van der Waals surface area (Å²) in [5, 5.41) is 5.33. The van der Waals surface area contributed by atoms with Crippen molar-refractivity contribution in [2.75, 3.05) is 18.5 Å². The molecule has 0 aliphatic carbocycles. The molecule has 0 spiro atoms. The summed E-state index contributed by atoms with van der Waals surface area (Å²) in [6, 6.07) is 0. The van der Waals surface area contributed by atoms with E-state index in [0.29, 0.717) is 5.41 Å². The van der Waals surface area contributed by atoms with E-state index in [1.54, 1.807) is 0 Å². The van der Waals surface area contributed by atoms with E-state index >= 15 is 0 Å². The Morgan fingerprint density at radius 3 is 2.73 bits per heavy atom. The van der Waals surface area contributed by atoms with Crippen LogP contribution in [0.15, 0.2) is 16.9 Å². The molecule has 1 aliphatic rings. The van der Waals surface area contributed by atoms with Crippen LogP contribution in [0.1, 0.15) is 12.8 Å². The van der Waals surface area contributed by atoms with Crippen molar-refractivity contribution in [1.82, 2.24) is 9.78 Å². The van der Waals surface area contributed by atoms with Gasteiger partial charge in [-0.05, 0) is 28.8 Å². The molecule has 3 nitrogen and oxygen atoms in total. The summed E-state index contributed by atoms with van der Waals surface area (Å²) in [5.74, 6) is 0. The molecule has 0 amide bonds. The van der Waals surface area contributed by atoms with Gasteiger partial charge in [0.15, 0.2) is 0 Å². The van der Waals surface area contributed by atoms with E-state index in [-0.39, 0.29) is 0 Å². The number of rotatable bonds is 3. The standard InChI is InChI=1S/C10H14Br2N2O/c11-7-10(1-3-15-4-2-10)8-14-6-9(12)5-13-14/h5-6H,1-4,7-8H2. The quantitative estimate of drug-likeness (QED) is 0.793. The highest BCUT2D eigenvalue weighted by Crippen LogP contribution is 2.34. The molecular weight excluding hydrogens is 324 g/mol. The maximum absolute atomic E-state index is 5.41. The van der Waals surface area contributed by atoms with Gasteiger partial charge in [0.2, 0.25) is 0 Å². The Morgan fingerprint density at radius 1 is 1.47 bits per heavy atom. The summed E-state index contributed by atoms with van der Waals surface area (Å²) in [6.07, 6.45) is 6.08. The van der Waals surface area contributed by atoms with Crippen LogP contribution in [0.4, 0.5) is 0 Å². The van der Waals surface area contributed by atoms with E-state index < -0.39 is 0 Å². The summed E-state index contributed by atoms with van der Waals surface area (Å²) in [7, 11) is 0. The Balaban J connectivity index is 2.06. The van der Waals surface area contributed by atoms with Gasteiger partial charge in [0.1, 0.15) is 0 Å². The fourth-order valence-corrected chi connectivity index (χ4v) is 2.97. The number of ether oxygens (including phenoxy) is 1. The molecule has 15 heavy (non-hydrogen) atoms. The summed E-state index contributed by atoms with van der Waals surface area (Å²) in [5.41, 5.74) is 0.309. The van der Waals surface area contributed by atoms with Gasteiger partial charge in [-0.25, -0.2) is 0 Å². The molecule has 0 atom stereocenters. The third-order valence-corrected chi connectivity index (χ3v) is 4.54. The molecule has 0 aromatic carbocycles. The molecule has 1 saturated heterocycles. The van der Waals surface area contributed by atoms with E-state index in [1.165, 1.54) is 0 Å². The Hall–Kier alpha value is 0.130. The van der Waals surface area contributed by atoms with Crippen LogP contribution >= 0.6 is 31.9 Å². The minimum atomic E-state index is 0.309. The zero-order valence-corrected chi connectivity index (χ0v) is 11.6. The summed E-state index contributed by atoms with van der Waals surface area (Å²) >= 11 is 7.04. The molecule has 2 rings (SSSR count). The summed E-state index contributed by atoms with van der Waals surface area (Å²) in [6.45, 7) is 2.70. The highest BCUT2D eigenvalue weighted by atomic mass is 79.9. The third kappa shape index (κ3) is 2.82. The van der Waals surface area contributed by atoms with E-state index in [2.05, 4.69) is 37.0 Å². The second kappa shape index (κ2) is 4.97. The molecule has 1 aliphatic heterocycles. The van der Waals surface area contributed by atoms with E-state index in [4.69, 9.17) is 4.74 Å². The van der Waals surface area contributed by atoms with Gasteiger partial charge in [-0.15, -0.1) is 0 Å². The van der Waals surface area contributed by atoms with Crippen LogP contribution in [0, 0.1) is 5.41 Å². The van der Waals surface area contributed by atoms with Crippen LogP contribution in [0.2, 0.25) is 0 Å². The number of alkyl halides is 1. The Morgan fingerprint density at radius 2 is 2.20 bits per heavy atom. The molecule has 0 saturated carbocycles. The lowest BCUT2D eigenvalue weighted by atomic mass is 9.82. The summed E-state index contributed by atoms with van der Waals surface area (Å²) in [4.78, 5) is 0. The molecule has 0 unspecified atom stereocenters. The van der Waals surface area contributed by atoms with Gasteiger partial charge in [-0.2, -0.15) is 5.10 Å². The zero-order chi connectivity index (χ0) is 10.7. The average molecular weight is 338 g/mol. The molecule has 0 radical (unpaired) electrons. The van der Waals surface area contributed by atoms with Crippen molar-refractivity contribution in [3.8, 4) is 0 Å². The lowest BCUT2D eigenvalue weighted by molar-refractivity contribution is 0.0170. The monoisotopic (exact) mass is 336 g/mol. The van der Waals surface area contributed by atoms with Crippen molar-refractivity contribution in [2.24, 2.45) is 5.41 Å². The Kier molecular flexibility index (Phi) is 3.85. The number of halogens is 2. The van der Waals surface area contributed by atoms with Crippen LogP contribution in [0.25, 0.3) is 0 Å². The minimum Gasteiger partial charge on any atom is -0.381 e. The predicted molar refractivity (Wildman–Crippen MR) is 66.2 cm³/mol. The minimum absolute atomic E-state index is 0.309. The number of aromatic nitrogens is 2. The fourth-order valence-electron chi connectivity index (χ4n) is 1.91. The molecule has 0 N–H and O–H groups in total. The highest BCUT2D eigenvalue weighted by Gasteiger charge is 2.32. The molecule has 1 aromatic heterocycles. The number of hydrogen-bond donors (Lipinski definition) is 0. The van der Waals surface area contributed by atoms with Gasteiger partial charge in [0.25, 0.3) is 0 Å². The van der Waals surface area contributed by atoms with Crippen molar-refractivity contribution >= 4 is 31.9 Å². The topological polar surface area (TPSA) is 27.1 Å². The van der Waals surface area contributed by atoms with E-state index in [9.17, 15) is 0 Å². The first kappa shape index (κ1) is 11.6.